The van der Waals surface area contributed by atoms with Crippen molar-refractivity contribution < 1.29 is 26.8 Å². The van der Waals surface area contributed by atoms with Gasteiger partial charge in [0, 0.05) is 26.2 Å². The number of sulfonamides is 1. The number of hydrogen-bond acceptors (Lipinski definition) is 8. The summed E-state index contributed by atoms with van der Waals surface area (Å²) in [6.45, 7) is 0.746. The van der Waals surface area contributed by atoms with Crippen molar-refractivity contribution in [1.82, 2.24) is 19.4 Å². The first-order valence-corrected chi connectivity index (χ1v) is 12.4. The molecule has 0 aliphatic carbocycles. The van der Waals surface area contributed by atoms with E-state index in [4.69, 9.17) is 9.15 Å². The van der Waals surface area contributed by atoms with E-state index in [0.29, 0.717) is 17.2 Å². The number of carbonyl (C=O) groups excluding carboxylic acids is 1. The summed E-state index contributed by atoms with van der Waals surface area (Å²) in [5, 5.41) is 8.23. The van der Waals surface area contributed by atoms with Crippen molar-refractivity contribution in [3.63, 3.8) is 0 Å². The average molecular weight is 493 g/mol. The second-order valence-electron chi connectivity index (χ2n) is 7.10. The minimum absolute atomic E-state index is 0.0736. The van der Waals surface area contributed by atoms with E-state index in [0.717, 1.165) is 17.8 Å². The molecule has 0 unspecified atom stereocenters. The van der Waals surface area contributed by atoms with Crippen LogP contribution >= 0.6 is 11.8 Å². The zero-order valence-corrected chi connectivity index (χ0v) is 19.3. The Morgan fingerprint density at radius 3 is 2.61 bits per heavy atom. The van der Waals surface area contributed by atoms with Crippen LogP contribution in [0.4, 0.5) is 4.39 Å². The standard InChI is InChI=1S/C21H21FN4O5S2/c1-30-18-8-3-2-7-17(18)20-23-24-21(31-20)32-14-19(27)25-9-11-26(12-10-25)33(28,29)16-6-4-5-15(22)13-16/h2-8,13H,9-12,14H2,1H3. The number of piperazine rings is 1. The summed E-state index contributed by atoms with van der Waals surface area (Å²) in [4.78, 5) is 14.1. The largest absolute Gasteiger partial charge is 0.496 e. The summed E-state index contributed by atoms with van der Waals surface area (Å²) in [7, 11) is -2.26. The number of para-hydroxylation sites is 1. The van der Waals surface area contributed by atoms with Crippen LogP contribution in [0.5, 0.6) is 5.75 Å². The molecule has 3 aromatic rings. The van der Waals surface area contributed by atoms with Gasteiger partial charge in [0.15, 0.2) is 0 Å². The lowest BCUT2D eigenvalue weighted by Gasteiger charge is -2.33. The van der Waals surface area contributed by atoms with Gasteiger partial charge in [-0.2, -0.15) is 4.31 Å². The highest BCUT2D eigenvalue weighted by Gasteiger charge is 2.30. The second kappa shape index (κ2) is 9.89. The first-order chi connectivity index (χ1) is 15.9. The Kier molecular flexibility index (Phi) is 6.96. The average Bonchev–Trinajstić information content (AvgIpc) is 3.31. The Hall–Kier alpha value is -2.96. The van der Waals surface area contributed by atoms with Crippen LogP contribution in [0.3, 0.4) is 0 Å². The molecule has 2 aromatic carbocycles. The van der Waals surface area contributed by atoms with Crippen molar-refractivity contribution in [3.8, 4) is 17.2 Å². The van der Waals surface area contributed by atoms with E-state index in [1.54, 1.807) is 24.1 Å². The van der Waals surface area contributed by atoms with Gasteiger partial charge in [-0.25, -0.2) is 12.8 Å². The zero-order valence-electron chi connectivity index (χ0n) is 17.7. The number of ether oxygens (including phenoxy) is 1. The Morgan fingerprint density at radius 1 is 1.12 bits per heavy atom. The maximum absolute atomic E-state index is 13.4. The molecule has 1 aliphatic rings. The van der Waals surface area contributed by atoms with E-state index < -0.39 is 15.8 Å². The predicted molar refractivity (Wildman–Crippen MR) is 119 cm³/mol. The van der Waals surface area contributed by atoms with Crippen molar-refractivity contribution in [2.75, 3.05) is 39.0 Å². The molecular weight excluding hydrogens is 471 g/mol. The number of rotatable bonds is 7. The molecule has 33 heavy (non-hydrogen) atoms. The van der Waals surface area contributed by atoms with Crippen LogP contribution in [0.2, 0.25) is 0 Å². The molecule has 0 radical (unpaired) electrons. The molecule has 0 saturated carbocycles. The fraction of sp³-hybridized carbons (Fsp3) is 0.286. The van der Waals surface area contributed by atoms with Gasteiger partial charge < -0.3 is 14.1 Å². The van der Waals surface area contributed by atoms with Crippen LogP contribution in [0, 0.1) is 5.82 Å². The van der Waals surface area contributed by atoms with Crippen molar-refractivity contribution in [3.05, 3.63) is 54.3 Å². The third-order valence-corrected chi connectivity index (χ3v) is 7.79. The van der Waals surface area contributed by atoms with Crippen molar-refractivity contribution in [1.29, 1.82) is 0 Å². The molecule has 12 heteroatoms. The Bertz CT molecular complexity index is 1240. The van der Waals surface area contributed by atoms with Crippen LogP contribution in [0.25, 0.3) is 11.5 Å². The molecule has 2 heterocycles. The van der Waals surface area contributed by atoms with E-state index in [9.17, 15) is 17.6 Å². The van der Waals surface area contributed by atoms with Gasteiger partial charge in [0.1, 0.15) is 11.6 Å². The summed E-state index contributed by atoms with van der Waals surface area (Å²) in [6.07, 6.45) is 0. The molecule has 0 spiro atoms. The molecule has 0 N–H and O–H groups in total. The number of amides is 1. The summed E-state index contributed by atoms with van der Waals surface area (Å²) < 4.78 is 51.0. The van der Waals surface area contributed by atoms with Crippen molar-refractivity contribution >= 4 is 27.7 Å². The van der Waals surface area contributed by atoms with Gasteiger partial charge in [0.05, 0.1) is 23.3 Å². The van der Waals surface area contributed by atoms with Crippen LogP contribution in [0.1, 0.15) is 0 Å². The number of hydrogen-bond donors (Lipinski definition) is 0. The molecule has 174 valence electrons. The lowest BCUT2D eigenvalue weighted by Crippen LogP contribution is -2.50. The minimum Gasteiger partial charge on any atom is -0.496 e. The third-order valence-electron chi connectivity index (χ3n) is 5.09. The lowest BCUT2D eigenvalue weighted by molar-refractivity contribution is -0.129. The first-order valence-electron chi connectivity index (χ1n) is 10.0. The molecule has 0 atom stereocenters. The molecule has 0 bridgehead atoms. The number of methoxy groups -OCH3 is 1. The SMILES string of the molecule is COc1ccccc1-c1nnc(SCC(=O)N2CCN(S(=O)(=O)c3cccc(F)c3)CC2)o1. The van der Waals surface area contributed by atoms with Crippen molar-refractivity contribution in [2.45, 2.75) is 10.1 Å². The highest BCUT2D eigenvalue weighted by atomic mass is 32.2. The van der Waals surface area contributed by atoms with Crippen LogP contribution in [-0.4, -0.2) is 72.8 Å². The molecule has 1 saturated heterocycles. The third kappa shape index (κ3) is 5.18. The zero-order chi connectivity index (χ0) is 23.4. The van der Waals surface area contributed by atoms with E-state index >= 15 is 0 Å². The van der Waals surface area contributed by atoms with Crippen LogP contribution < -0.4 is 4.74 Å². The number of aromatic nitrogens is 2. The fourth-order valence-corrected chi connectivity index (χ4v) is 5.49. The van der Waals surface area contributed by atoms with Crippen LogP contribution in [0.15, 0.2) is 63.1 Å². The summed E-state index contributed by atoms with van der Waals surface area (Å²) >= 11 is 1.11. The van der Waals surface area contributed by atoms with Gasteiger partial charge in [0.25, 0.3) is 11.1 Å². The summed E-state index contributed by atoms with van der Waals surface area (Å²) in [6, 6.07) is 12.1. The fourth-order valence-electron chi connectivity index (χ4n) is 3.37. The van der Waals surface area contributed by atoms with Gasteiger partial charge in [-0.1, -0.05) is 30.0 Å². The maximum atomic E-state index is 13.4. The number of thioether (sulfide) groups is 1. The van der Waals surface area contributed by atoms with Gasteiger partial charge in [-0.15, -0.1) is 10.2 Å². The maximum Gasteiger partial charge on any atom is 0.277 e. The topological polar surface area (TPSA) is 106 Å². The van der Waals surface area contributed by atoms with Crippen molar-refractivity contribution in [2.24, 2.45) is 0 Å². The monoisotopic (exact) mass is 492 g/mol. The normalized spacial score (nSPS) is 14.9. The Labute approximate surface area is 194 Å². The molecule has 1 aliphatic heterocycles. The van der Waals surface area contributed by atoms with E-state index in [-0.39, 0.29) is 48.0 Å². The van der Waals surface area contributed by atoms with Gasteiger partial charge in [-0.3, -0.25) is 4.79 Å². The second-order valence-corrected chi connectivity index (χ2v) is 9.97. The van der Waals surface area contributed by atoms with Crippen LogP contribution in [-0.2, 0) is 14.8 Å². The molecule has 9 nitrogen and oxygen atoms in total. The smallest absolute Gasteiger partial charge is 0.277 e. The molecule has 1 fully saturated rings. The number of halogens is 1. The number of carbonyl (C=O) groups is 1. The molecule has 4 rings (SSSR count). The summed E-state index contributed by atoms with van der Waals surface area (Å²) in [5.74, 6) is 0.180. The Morgan fingerprint density at radius 2 is 1.88 bits per heavy atom. The Balaban J connectivity index is 1.32. The minimum atomic E-state index is -3.81. The van der Waals surface area contributed by atoms with E-state index in [1.807, 2.05) is 12.1 Å². The highest BCUT2D eigenvalue weighted by molar-refractivity contribution is 7.99. The van der Waals surface area contributed by atoms with E-state index in [1.165, 1.54) is 22.5 Å². The molecule has 1 amide bonds. The molecule has 1 aromatic heterocycles. The summed E-state index contributed by atoms with van der Waals surface area (Å²) in [5.41, 5.74) is 0.654. The van der Waals surface area contributed by atoms with Gasteiger partial charge >= 0.3 is 0 Å². The quantitative estimate of drug-likeness (QED) is 0.463. The first kappa shape index (κ1) is 23.2. The number of benzene rings is 2. The number of nitrogens with zero attached hydrogens (tertiary/aromatic N) is 4. The highest BCUT2D eigenvalue weighted by Crippen LogP contribution is 2.30. The van der Waals surface area contributed by atoms with Gasteiger partial charge in [0.2, 0.25) is 15.9 Å². The van der Waals surface area contributed by atoms with Gasteiger partial charge in [-0.05, 0) is 30.3 Å². The lowest BCUT2D eigenvalue weighted by atomic mass is 10.2. The molecular formula is C21H21FN4O5S2. The van der Waals surface area contributed by atoms with E-state index in [2.05, 4.69) is 10.2 Å². The predicted octanol–water partition coefficient (Wildman–Crippen LogP) is 2.51.